The summed E-state index contributed by atoms with van der Waals surface area (Å²) in [5, 5.41) is 0.985. The number of aromatic nitrogens is 1. The maximum absolute atomic E-state index is 13.2. The Balaban J connectivity index is 2.23. The number of benzene rings is 1. The highest BCUT2D eigenvalue weighted by molar-refractivity contribution is 5.97. The minimum absolute atomic E-state index is 0.164. The number of carbonyl (C=O) groups is 1. The molecule has 0 fully saturated rings. The van der Waals surface area contributed by atoms with Crippen molar-refractivity contribution in [2.45, 2.75) is 45.6 Å². The second-order valence-corrected chi connectivity index (χ2v) is 6.51. The number of hydrogen-bond donors (Lipinski definition) is 0. The van der Waals surface area contributed by atoms with Crippen LogP contribution >= 0.6 is 0 Å². The summed E-state index contributed by atoms with van der Waals surface area (Å²) in [6.07, 6.45) is 2.68. The van der Waals surface area contributed by atoms with Crippen molar-refractivity contribution in [1.29, 1.82) is 0 Å². The van der Waals surface area contributed by atoms with Crippen molar-refractivity contribution in [2.75, 3.05) is 26.9 Å². The van der Waals surface area contributed by atoms with Crippen LogP contribution in [-0.2, 0) is 17.8 Å². The molecular formula is C20H27FN2O2. The molecule has 0 aliphatic heterocycles. The number of fused-ring (bicyclic) bond motifs is 3. The third kappa shape index (κ3) is 2.90. The smallest absolute Gasteiger partial charge is 0.230 e. The molecule has 1 aromatic carbocycles. The molecule has 0 saturated carbocycles. The normalized spacial score (nSPS) is 16.7. The van der Waals surface area contributed by atoms with Crippen LogP contribution in [0, 0.1) is 0 Å². The molecule has 0 spiro atoms. The van der Waals surface area contributed by atoms with Gasteiger partial charge in [-0.25, -0.2) is 4.39 Å². The number of halogens is 1. The van der Waals surface area contributed by atoms with Crippen molar-refractivity contribution >= 4 is 16.8 Å². The summed E-state index contributed by atoms with van der Waals surface area (Å²) in [4.78, 5) is 15.0. The SMILES string of the molecule is CCN(CC)C(=O)C1CCCc2c1c1c(OC)cccc1n2CC[18F]. The zero-order chi connectivity index (χ0) is 18.0. The maximum Gasteiger partial charge on any atom is 0.230 e. The monoisotopic (exact) mass is 345 g/mol. The van der Waals surface area contributed by atoms with E-state index in [0.29, 0.717) is 19.6 Å². The van der Waals surface area contributed by atoms with Crippen LogP contribution in [0.5, 0.6) is 5.75 Å². The van der Waals surface area contributed by atoms with Crippen LogP contribution in [0.1, 0.15) is 43.9 Å². The van der Waals surface area contributed by atoms with Crippen LogP contribution < -0.4 is 4.74 Å². The van der Waals surface area contributed by atoms with E-state index in [2.05, 4.69) is 4.57 Å². The molecule has 25 heavy (non-hydrogen) atoms. The van der Waals surface area contributed by atoms with Crippen LogP contribution in [0.25, 0.3) is 10.9 Å². The van der Waals surface area contributed by atoms with E-state index >= 15 is 0 Å². The Labute approximate surface area is 148 Å². The van der Waals surface area contributed by atoms with Gasteiger partial charge in [0.25, 0.3) is 0 Å². The minimum atomic E-state index is -0.415. The summed E-state index contributed by atoms with van der Waals surface area (Å²) in [6.45, 7) is 5.35. The summed E-state index contributed by atoms with van der Waals surface area (Å²) >= 11 is 0. The van der Waals surface area contributed by atoms with Gasteiger partial charge < -0.3 is 14.2 Å². The van der Waals surface area contributed by atoms with Crippen LogP contribution in [-0.4, -0.2) is 42.2 Å². The van der Waals surface area contributed by atoms with Gasteiger partial charge in [-0.05, 0) is 50.8 Å². The van der Waals surface area contributed by atoms with E-state index in [9.17, 15) is 9.18 Å². The lowest BCUT2D eigenvalue weighted by molar-refractivity contribution is -0.132. The van der Waals surface area contributed by atoms with Crippen molar-refractivity contribution < 1.29 is 13.9 Å². The zero-order valence-corrected chi connectivity index (χ0v) is 15.3. The molecule has 1 amide bonds. The second-order valence-electron chi connectivity index (χ2n) is 6.51. The number of alkyl halides is 1. The Morgan fingerprint density at radius 2 is 2.12 bits per heavy atom. The highest BCUT2D eigenvalue weighted by Gasteiger charge is 2.34. The van der Waals surface area contributed by atoms with Gasteiger partial charge in [0.1, 0.15) is 12.4 Å². The van der Waals surface area contributed by atoms with Crippen LogP contribution in [0.15, 0.2) is 18.2 Å². The molecular weight excluding hydrogens is 318 g/mol. The lowest BCUT2D eigenvalue weighted by Gasteiger charge is -2.29. The Morgan fingerprint density at radius 3 is 2.76 bits per heavy atom. The maximum atomic E-state index is 13.2. The lowest BCUT2D eigenvalue weighted by atomic mass is 9.84. The fourth-order valence-electron chi connectivity index (χ4n) is 4.23. The summed E-state index contributed by atoms with van der Waals surface area (Å²) in [6, 6.07) is 5.86. The van der Waals surface area contributed by atoms with E-state index in [4.69, 9.17) is 4.74 Å². The molecule has 0 bridgehead atoms. The molecule has 1 aliphatic rings. The summed E-state index contributed by atoms with van der Waals surface area (Å²) in [5.74, 6) is 0.782. The first kappa shape index (κ1) is 17.8. The number of methoxy groups -OCH3 is 1. The Kier molecular flexibility index (Phi) is 5.30. The van der Waals surface area contributed by atoms with Gasteiger partial charge in [-0.1, -0.05) is 6.07 Å². The number of rotatable bonds is 6. The number of nitrogens with zero attached hydrogens (tertiary/aromatic N) is 2. The first-order chi connectivity index (χ1) is 12.2. The van der Waals surface area contributed by atoms with Gasteiger partial charge in [0.2, 0.25) is 5.91 Å². The number of hydrogen-bond acceptors (Lipinski definition) is 2. The number of aryl methyl sites for hydroxylation is 1. The summed E-state index contributed by atoms with van der Waals surface area (Å²) in [7, 11) is 1.65. The zero-order valence-electron chi connectivity index (χ0n) is 15.3. The van der Waals surface area contributed by atoms with Crippen molar-refractivity contribution in [2.24, 2.45) is 0 Å². The van der Waals surface area contributed by atoms with Crippen molar-refractivity contribution in [1.82, 2.24) is 9.47 Å². The number of amides is 1. The van der Waals surface area contributed by atoms with E-state index in [1.165, 1.54) is 0 Å². The predicted molar refractivity (Wildman–Crippen MR) is 98.1 cm³/mol. The van der Waals surface area contributed by atoms with Gasteiger partial charge in [0.15, 0.2) is 0 Å². The molecule has 0 saturated heterocycles. The van der Waals surface area contributed by atoms with Gasteiger partial charge in [-0.2, -0.15) is 0 Å². The minimum Gasteiger partial charge on any atom is -0.496 e. The highest BCUT2D eigenvalue weighted by atomic mass is 18.2. The molecule has 2 aromatic rings. The first-order valence-electron chi connectivity index (χ1n) is 9.20. The van der Waals surface area contributed by atoms with E-state index in [-0.39, 0.29) is 11.8 Å². The number of carbonyl (C=O) groups excluding carboxylic acids is 1. The van der Waals surface area contributed by atoms with Gasteiger partial charge >= 0.3 is 0 Å². The van der Waals surface area contributed by atoms with Crippen LogP contribution in [0.2, 0.25) is 0 Å². The quantitative estimate of drug-likeness (QED) is 0.795. The van der Waals surface area contributed by atoms with Gasteiger partial charge in [0.05, 0.1) is 25.1 Å². The van der Waals surface area contributed by atoms with Gasteiger partial charge in [-0.3, -0.25) is 4.79 Å². The van der Waals surface area contributed by atoms with Crippen LogP contribution in [0.3, 0.4) is 0 Å². The summed E-state index contributed by atoms with van der Waals surface area (Å²) < 4.78 is 20.8. The first-order valence-corrected chi connectivity index (χ1v) is 9.20. The second kappa shape index (κ2) is 7.46. The lowest BCUT2D eigenvalue weighted by Crippen LogP contribution is -2.36. The fraction of sp³-hybridized carbons (Fsp3) is 0.550. The van der Waals surface area contributed by atoms with E-state index in [1.54, 1.807) is 7.11 Å². The molecule has 0 radical (unpaired) electrons. The molecule has 1 atom stereocenters. The number of ether oxygens (including phenoxy) is 1. The van der Waals surface area contributed by atoms with Gasteiger partial charge in [0, 0.05) is 24.2 Å². The molecule has 3 rings (SSSR count). The Morgan fingerprint density at radius 1 is 1.36 bits per heavy atom. The average molecular weight is 345 g/mol. The van der Waals surface area contributed by atoms with Crippen molar-refractivity contribution in [3.05, 3.63) is 29.5 Å². The molecule has 136 valence electrons. The van der Waals surface area contributed by atoms with E-state index < -0.39 is 6.67 Å². The fourth-order valence-corrected chi connectivity index (χ4v) is 4.23. The number of likely N-dealkylation sites (N-methyl/N-ethyl adjacent to an activating group) is 1. The van der Waals surface area contributed by atoms with Crippen molar-refractivity contribution in [3.8, 4) is 5.75 Å². The van der Waals surface area contributed by atoms with Crippen molar-refractivity contribution in [3.63, 3.8) is 0 Å². The molecule has 4 nitrogen and oxygen atoms in total. The molecule has 1 heterocycles. The average Bonchev–Trinajstić information content (AvgIpc) is 2.97. The molecule has 1 aliphatic carbocycles. The topological polar surface area (TPSA) is 34.5 Å². The molecule has 5 heteroatoms. The van der Waals surface area contributed by atoms with Crippen LogP contribution in [0.4, 0.5) is 4.39 Å². The summed E-state index contributed by atoms with van der Waals surface area (Å²) in [5.41, 5.74) is 3.14. The Bertz CT molecular complexity index is 765. The highest BCUT2D eigenvalue weighted by Crippen LogP contribution is 2.43. The molecule has 1 aromatic heterocycles. The third-order valence-corrected chi connectivity index (χ3v) is 5.36. The standard InChI is InChI=1S/C20H27FN2O2/c1-4-22(5-2)20(24)14-8-6-9-15-18(14)19-16(23(15)13-12-21)10-7-11-17(19)25-3/h7,10-11,14H,4-6,8-9,12-13H2,1-3H3/i21-1. The predicted octanol–water partition coefficient (Wildman–Crippen LogP) is 3.91. The van der Waals surface area contributed by atoms with E-state index in [0.717, 1.165) is 47.2 Å². The largest absolute Gasteiger partial charge is 0.496 e. The molecule has 0 N–H and O–H groups in total. The third-order valence-electron chi connectivity index (χ3n) is 5.36. The Hall–Kier alpha value is -2.04. The van der Waals surface area contributed by atoms with E-state index in [1.807, 2.05) is 36.9 Å². The van der Waals surface area contributed by atoms with Gasteiger partial charge in [-0.15, -0.1) is 0 Å². The molecule has 1 unspecified atom stereocenters.